The number of urea groups is 1. The number of hydrogen-bond donors (Lipinski definition) is 8. The quantitative estimate of drug-likeness (QED) is 0.0436. The first-order valence-electron chi connectivity index (χ1n) is 13.1. The van der Waals surface area contributed by atoms with Crippen LogP contribution in [0.1, 0.15) is 43.5 Å². The molecule has 0 unspecified atom stereocenters. The van der Waals surface area contributed by atoms with Crippen molar-refractivity contribution in [3.8, 4) is 5.75 Å². The summed E-state index contributed by atoms with van der Waals surface area (Å²) < 4.78 is 33.7. The summed E-state index contributed by atoms with van der Waals surface area (Å²) >= 11 is 0.922. The van der Waals surface area contributed by atoms with Gasteiger partial charge in [0.2, 0.25) is 11.0 Å². The highest BCUT2D eigenvalue weighted by atomic mass is 32.2. The van der Waals surface area contributed by atoms with Crippen LogP contribution in [0.4, 0.5) is 9.93 Å². The molecule has 244 valence electrons. The predicted molar refractivity (Wildman–Crippen MR) is 152 cm³/mol. The van der Waals surface area contributed by atoms with E-state index in [9.17, 15) is 52.4 Å². The summed E-state index contributed by atoms with van der Waals surface area (Å²) in [6.45, 7) is -1.07. The predicted octanol–water partition coefficient (Wildman–Crippen LogP) is -1.66. The summed E-state index contributed by atoms with van der Waals surface area (Å²) in [7, 11) is -5.14. The molecule has 45 heavy (non-hydrogen) atoms. The fourth-order valence-corrected chi connectivity index (χ4v) is 6.12. The number of carboxylic acid groups (broad SMARTS) is 1. The molecule has 1 aliphatic carbocycles. The average Bonchev–Trinajstić information content (AvgIpc) is 3.40. The molecule has 4 rings (SSSR count). The molecule has 2 aliphatic rings. The maximum Gasteiger partial charge on any atom is 0.362 e. The molecular weight excluding hydrogens is 644 g/mol. The van der Waals surface area contributed by atoms with Gasteiger partial charge in [0.25, 0.3) is 11.8 Å². The lowest BCUT2D eigenvalue weighted by atomic mass is 9.85. The third-order valence-electron chi connectivity index (χ3n) is 7.04. The van der Waals surface area contributed by atoms with E-state index in [0.29, 0.717) is 23.8 Å². The highest BCUT2D eigenvalue weighted by molar-refractivity contribution is 7.84. The number of β-lactam (4-membered cyclic amide) rings is 1. The van der Waals surface area contributed by atoms with E-state index in [1.54, 1.807) is 0 Å². The van der Waals surface area contributed by atoms with Gasteiger partial charge in [0.15, 0.2) is 16.6 Å². The van der Waals surface area contributed by atoms with Crippen LogP contribution in [0, 0.1) is 0 Å². The number of aliphatic carboxylic acids is 1. The number of aromatic hydroxyl groups is 1. The zero-order chi connectivity index (χ0) is 33.1. The maximum atomic E-state index is 13.3. The van der Waals surface area contributed by atoms with Crippen molar-refractivity contribution in [2.24, 2.45) is 5.16 Å². The molecule has 0 aromatic carbocycles. The monoisotopic (exact) mass is 672 g/mol. The first-order valence-corrected chi connectivity index (χ1v) is 15.4. The standard InChI is InChI=1S/C23H28N8O12S2/c24-21-27-12(10-44-21)16(29-43-23(20(36)37)4-2-1-3-5-23)18(34)28-17-13(31(19(17)35)45(40,41)42)8-26-22(38)25-7-11-6-14(32)15(33)9-30(11)39/h6,9-10,13,17,33,39H,1-5,7-8H2,(H2,24,27)(H,28,34)(H,36,37)(H2,25,26,38)(H,40,41,42)/b29-16-/t13-,17+/m1/s1. The number of oxime groups is 1. The summed E-state index contributed by atoms with van der Waals surface area (Å²) in [5.74, 6) is -4.43. The van der Waals surface area contributed by atoms with E-state index in [2.05, 4.69) is 26.1 Å². The van der Waals surface area contributed by atoms with Crippen LogP contribution in [-0.2, 0) is 36.1 Å². The van der Waals surface area contributed by atoms with Gasteiger partial charge in [-0.2, -0.15) is 13.1 Å². The summed E-state index contributed by atoms with van der Waals surface area (Å²) in [6.07, 6.45) is 2.77. The minimum atomic E-state index is -5.14. The minimum absolute atomic E-state index is 0.0203. The molecule has 3 heterocycles. The summed E-state index contributed by atoms with van der Waals surface area (Å²) in [5.41, 5.74) is 2.29. The van der Waals surface area contributed by atoms with Gasteiger partial charge in [-0.25, -0.2) is 18.9 Å². The molecule has 22 heteroatoms. The Morgan fingerprint density at radius 1 is 1.20 bits per heavy atom. The Morgan fingerprint density at radius 2 is 1.89 bits per heavy atom. The van der Waals surface area contributed by atoms with E-state index < -0.39 is 81.8 Å². The number of nitrogen functional groups attached to an aromatic ring is 1. The van der Waals surface area contributed by atoms with Gasteiger partial charge >= 0.3 is 22.3 Å². The molecule has 0 spiro atoms. The highest BCUT2D eigenvalue weighted by Gasteiger charge is 2.54. The lowest BCUT2D eigenvalue weighted by Gasteiger charge is -2.44. The Balaban J connectivity index is 1.49. The van der Waals surface area contributed by atoms with Gasteiger partial charge in [-0.15, -0.1) is 11.3 Å². The first kappa shape index (κ1) is 32.9. The fourth-order valence-electron chi connectivity index (χ4n) is 4.69. The Labute approximate surface area is 257 Å². The number of pyridine rings is 1. The van der Waals surface area contributed by atoms with Crippen LogP contribution in [0.2, 0.25) is 0 Å². The van der Waals surface area contributed by atoms with Gasteiger partial charge in [0.05, 0.1) is 24.5 Å². The number of hydrogen-bond acceptors (Lipinski definition) is 14. The molecule has 9 N–H and O–H groups in total. The van der Waals surface area contributed by atoms with Crippen LogP contribution in [0.25, 0.3) is 0 Å². The van der Waals surface area contributed by atoms with Crippen LogP contribution < -0.4 is 27.1 Å². The number of anilines is 1. The van der Waals surface area contributed by atoms with Crippen LogP contribution in [0.3, 0.4) is 0 Å². The molecule has 0 radical (unpaired) electrons. The zero-order valence-corrected chi connectivity index (χ0v) is 24.7. The number of nitrogens with two attached hydrogens (primary N) is 1. The van der Waals surface area contributed by atoms with Gasteiger partial charge in [0, 0.05) is 30.8 Å². The number of nitrogens with zero attached hydrogens (tertiary/aromatic N) is 4. The second kappa shape index (κ2) is 13.0. The number of carboxylic acids is 1. The van der Waals surface area contributed by atoms with Gasteiger partial charge in [-0.3, -0.25) is 18.9 Å². The van der Waals surface area contributed by atoms with E-state index in [0.717, 1.165) is 23.8 Å². The Morgan fingerprint density at radius 3 is 2.49 bits per heavy atom. The summed E-state index contributed by atoms with van der Waals surface area (Å²) in [6, 6.07) is -3.31. The van der Waals surface area contributed by atoms with E-state index in [1.807, 2.05) is 0 Å². The van der Waals surface area contributed by atoms with Crippen molar-refractivity contribution in [2.75, 3.05) is 12.3 Å². The third kappa shape index (κ3) is 7.24. The van der Waals surface area contributed by atoms with E-state index in [-0.39, 0.29) is 33.7 Å². The normalized spacial score (nSPS) is 19.7. The third-order valence-corrected chi connectivity index (χ3v) is 8.66. The number of rotatable bonds is 11. The summed E-state index contributed by atoms with van der Waals surface area (Å²) in [5, 5.41) is 40.7. The van der Waals surface area contributed by atoms with E-state index >= 15 is 0 Å². The maximum absolute atomic E-state index is 13.3. The smallest absolute Gasteiger partial charge is 0.362 e. The van der Waals surface area contributed by atoms with Crippen molar-refractivity contribution in [2.45, 2.75) is 56.3 Å². The number of carbonyl (C=O) groups is 4. The van der Waals surface area contributed by atoms with Gasteiger partial charge in [-0.1, -0.05) is 11.6 Å². The number of amides is 4. The number of carbonyl (C=O) groups excluding carboxylic acids is 3. The average molecular weight is 673 g/mol. The van der Waals surface area contributed by atoms with Gasteiger partial charge < -0.3 is 41.9 Å². The van der Waals surface area contributed by atoms with E-state index in [1.165, 1.54) is 5.38 Å². The van der Waals surface area contributed by atoms with Gasteiger partial charge in [-0.05, 0) is 12.8 Å². The molecule has 2 atom stereocenters. The molecule has 2 aromatic heterocycles. The topological polar surface area (TPSA) is 305 Å². The lowest BCUT2D eigenvalue weighted by Crippen LogP contribution is -2.74. The molecule has 4 amide bonds. The van der Waals surface area contributed by atoms with Gasteiger partial charge in [0.1, 0.15) is 11.7 Å². The Hall–Kier alpha value is -4.96. The minimum Gasteiger partial charge on any atom is -0.503 e. The molecule has 0 bridgehead atoms. The van der Waals surface area contributed by atoms with Crippen molar-refractivity contribution >= 4 is 56.3 Å². The second-order valence-corrected chi connectivity index (χ2v) is 12.2. The second-order valence-electron chi connectivity index (χ2n) is 10.0. The van der Waals surface area contributed by atoms with Crippen molar-refractivity contribution in [3.63, 3.8) is 0 Å². The number of thiazole rings is 1. The largest absolute Gasteiger partial charge is 0.503 e. The first-order chi connectivity index (χ1) is 21.1. The van der Waals surface area contributed by atoms with Crippen LogP contribution in [-0.4, -0.2) is 96.2 Å². The van der Waals surface area contributed by atoms with Crippen molar-refractivity contribution in [1.29, 1.82) is 0 Å². The van der Waals surface area contributed by atoms with Crippen molar-refractivity contribution in [1.82, 2.24) is 30.0 Å². The molecule has 20 nitrogen and oxygen atoms in total. The Kier molecular flexibility index (Phi) is 9.48. The molecule has 2 aromatic rings. The molecule has 1 saturated heterocycles. The van der Waals surface area contributed by atoms with Crippen LogP contribution in [0.15, 0.2) is 27.6 Å². The zero-order valence-electron chi connectivity index (χ0n) is 23.1. The number of nitrogens with one attached hydrogen (secondary N) is 3. The summed E-state index contributed by atoms with van der Waals surface area (Å²) in [4.78, 5) is 71.3. The molecule has 1 aliphatic heterocycles. The van der Waals surface area contributed by atoms with Crippen LogP contribution in [0.5, 0.6) is 5.75 Å². The van der Waals surface area contributed by atoms with Crippen molar-refractivity contribution in [3.05, 3.63) is 39.3 Å². The Bertz CT molecular complexity index is 1700. The SMILES string of the molecule is Nc1nc(/C(=N/OC2(C(=O)O)CCCCC2)C(=O)N[C@@H]2C(=O)N(S(=O)(=O)O)[C@@H]2CNC(=O)NCc2cc(=O)c(O)cn2O)cs1. The van der Waals surface area contributed by atoms with E-state index in [4.69, 9.17) is 10.6 Å². The fraction of sp³-hybridized carbons (Fsp3) is 0.435. The number of aromatic nitrogens is 2. The van der Waals surface area contributed by atoms with Crippen molar-refractivity contribution < 1.29 is 52.4 Å². The molecular formula is C23H28N8O12S2. The lowest BCUT2D eigenvalue weighted by molar-refractivity contribution is -0.171. The molecule has 2 fully saturated rings. The molecule has 1 saturated carbocycles. The van der Waals surface area contributed by atoms with Crippen LogP contribution >= 0.6 is 11.3 Å². The highest BCUT2D eigenvalue weighted by Crippen LogP contribution is 2.32.